The normalized spacial score (nSPS) is 11.7. The quantitative estimate of drug-likeness (QED) is 0.840. The first-order chi connectivity index (χ1) is 9.62. The second-order valence-electron chi connectivity index (χ2n) is 5.91. The molecule has 112 valence electrons. The Morgan fingerprint density at radius 1 is 1.38 bits per heavy atom. The minimum atomic E-state index is -1.13. The molecule has 0 atom stereocenters. The Hall–Kier alpha value is -1.33. The lowest BCUT2D eigenvalue weighted by molar-refractivity contribution is 0.0690. The van der Waals surface area contributed by atoms with Crippen LogP contribution in [-0.2, 0) is 5.41 Å². The molecule has 0 bridgehead atoms. The third kappa shape index (κ3) is 2.99. The zero-order chi connectivity index (χ0) is 15.9. The first kappa shape index (κ1) is 16.0. The van der Waals surface area contributed by atoms with Crippen LogP contribution in [0.15, 0.2) is 22.7 Å². The zero-order valence-corrected chi connectivity index (χ0v) is 14.6. The number of aromatic carboxylic acids is 1. The van der Waals surface area contributed by atoms with Gasteiger partial charge in [-0.3, -0.25) is 0 Å². The summed E-state index contributed by atoms with van der Waals surface area (Å²) in [6.07, 6.45) is 0. The third-order valence-corrected chi connectivity index (χ3v) is 3.98. The SMILES string of the molecule is Cc1cc(Br)ccc1-n1nc(C(=O)O)c(Cl)c1C(C)(C)C. The van der Waals surface area contributed by atoms with Gasteiger partial charge >= 0.3 is 5.97 Å². The van der Waals surface area contributed by atoms with E-state index in [1.807, 2.05) is 45.9 Å². The molecular formula is C15H16BrClN2O2. The summed E-state index contributed by atoms with van der Waals surface area (Å²) in [7, 11) is 0. The zero-order valence-electron chi connectivity index (χ0n) is 12.2. The molecule has 0 aliphatic carbocycles. The maximum absolute atomic E-state index is 11.3. The molecule has 1 aromatic carbocycles. The van der Waals surface area contributed by atoms with Gasteiger partial charge in [-0.15, -0.1) is 0 Å². The van der Waals surface area contributed by atoms with Gasteiger partial charge in [-0.2, -0.15) is 5.10 Å². The molecule has 21 heavy (non-hydrogen) atoms. The average Bonchev–Trinajstić information content (AvgIpc) is 2.66. The van der Waals surface area contributed by atoms with Crippen LogP contribution in [0.25, 0.3) is 5.69 Å². The van der Waals surface area contributed by atoms with E-state index in [0.717, 1.165) is 15.7 Å². The van der Waals surface area contributed by atoms with Gasteiger partial charge in [0.05, 0.1) is 16.4 Å². The number of carboxylic acid groups (broad SMARTS) is 1. The van der Waals surface area contributed by atoms with Crippen molar-refractivity contribution in [1.82, 2.24) is 9.78 Å². The number of aryl methyl sites for hydroxylation is 1. The van der Waals surface area contributed by atoms with Crippen LogP contribution in [0, 0.1) is 6.92 Å². The lowest BCUT2D eigenvalue weighted by atomic mass is 9.91. The molecule has 4 nitrogen and oxygen atoms in total. The molecule has 0 amide bonds. The van der Waals surface area contributed by atoms with Gasteiger partial charge < -0.3 is 5.11 Å². The van der Waals surface area contributed by atoms with E-state index in [-0.39, 0.29) is 16.1 Å². The molecule has 6 heteroatoms. The molecule has 0 aliphatic heterocycles. The van der Waals surface area contributed by atoms with E-state index < -0.39 is 5.97 Å². The van der Waals surface area contributed by atoms with Gasteiger partial charge in [0.15, 0.2) is 5.69 Å². The summed E-state index contributed by atoms with van der Waals surface area (Å²) < 4.78 is 2.59. The molecule has 0 aliphatic rings. The fourth-order valence-corrected chi connectivity index (χ4v) is 3.17. The predicted molar refractivity (Wildman–Crippen MR) is 86.7 cm³/mol. The summed E-state index contributed by atoms with van der Waals surface area (Å²) in [6, 6.07) is 5.74. The largest absolute Gasteiger partial charge is 0.476 e. The molecule has 0 fully saturated rings. The fourth-order valence-electron chi connectivity index (χ4n) is 2.21. The van der Waals surface area contributed by atoms with Gasteiger partial charge in [-0.1, -0.05) is 48.3 Å². The number of carboxylic acids is 1. The molecule has 1 heterocycles. The highest BCUT2D eigenvalue weighted by Crippen LogP contribution is 2.35. The Kier molecular flexibility index (Phi) is 4.17. The number of halogens is 2. The van der Waals surface area contributed by atoms with Gasteiger partial charge in [-0.25, -0.2) is 9.48 Å². The van der Waals surface area contributed by atoms with E-state index in [4.69, 9.17) is 11.6 Å². The maximum atomic E-state index is 11.3. The Morgan fingerprint density at radius 2 is 2.00 bits per heavy atom. The number of nitrogens with zero attached hydrogens (tertiary/aromatic N) is 2. The van der Waals surface area contributed by atoms with E-state index in [0.29, 0.717) is 5.69 Å². The van der Waals surface area contributed by atoms with Gasteiger partial charge in [0, 0.05) is 9.89 Å². The van der Waals surface area contributed by atoms with E-state index in [9.17, 15) is 9.90 Å². The fraction of sp³-hybridized carbons (Fsp3) is 0.333. The molecular weight excluding hydrogens is 356 g/mol. The number of carbonyl (C=O) groups is 1. The lowest BCUT2D eigenvalue weighted by Gasteiger charge is -2.21. The Labute approximate surface area is 136 Å². The first-order valence-corrected chi connectivity index (χ1v) is 7.59. The van der Waals surface area contributed by atoms with Gasteiger partial charge in [0.1, 0.15) is 0 Å². The van der Waals surface area contributed by atoms with Crippen LogP contribution >= 0.6 is 27.5 Å². The summed E-state index contributed by atoms with van der Waals surface area (Å²) in [5.41, 5.74) is 2.02. The summed E-state index contributed by atoms with van der Waals surface area (Å²) in [6.45, 7) is 7.88. The molecule has 0 radical (unpaired) electrons. The Balaban J connectivity index is 2.79. The molecule has 0 spiro atoms. The van der Waals surface area contributed by atoms with Crippen LogP contribution in [0.5, 0.6) is 0 Å². The highest BCUT2D eigenvalue weighted by molar-refractivity contribution is 9.10. The van der Waals surface area contributed by atoms with Crippen molar-refractivity contribution in [2.45, 2.75) is 33.1 Å². The van der Waals surface area contributed by atoms with Crippen LogP contribution in [0.4, 0.5) is 0 Å². The summed E-state index contributed by atoms with van der Waals surface area (Å²) in [5.74, 6) is -1.13. The third-order valence-electron chi connectivity index (χ3n) is 3.13. The van der Waals surface area contributed by atoms with Crippen molar-refractivity contribution in [1.29, 1.82) is 0 Å². The first-order valence-electron chi connectivity index (χ1n) is 6.41. The number of hydrogen-bond acceptors (Lipinski definition) is 2. The van der Waals surface area contributed by atoms with Crippen LogP contribution in [0.3, 0.4) is 0 Å². The van der Waals surface area contributed by atoms with Gasteiger partial charge in [0.25, 0.3) is 0 Å². The standard InChI is InChI=1S/C15H16BrClN2O2/c1-8-7-9(16)5-6-10(8)19-13(15(2,3)4)11(17)12(18-19)14(20)21/h5-7H,1-4H3,(H,20,21). The van der Waals surface area contributed by atoms with Crippen LogP contribution in [0.1, 0.15) is 42.5 Å². The lowest BCUT2D eigenvalue weighted by Crippen LogP contribution is -2.18. The second kappa shape index (κ2) is 5.46. The second-order valence-corrected chi connectivity index (χ2v) is 7.20. The van der Waals surface area contributed by atoms with Gasteiger partial charge in [0.2, 0.25) is 0 Å². The van der Waals surface area contributed by atoms with Crippen molar-refractivity contribution in [2.75, 3.05) is 0 Å². The smallest absolute Gasteiger partial charge is 0.358 e. The van der Waals surface area contributed by atoms with Crippen molar-refractivity contribution in [2.24, 2.45) is 0 Å². The topological polar surface area (TPSA) is 55.1 Å². The number of hydrogen-bond donors (Lipinski definition) is 1. The molecule has 0 saturated heterocycles. The highest BCUT2D eigenvalue weighted by Gasteiger charge is 2.30. The monoisotopic (exact) mass is 370 g/mol. The minimum Gasteiger partial charge on any atom is -0.476 e. The van der Waals surface area contributed by atoms with Crippen molar-refractivity contribution in [3.63, 3.8) is 0 Å². The van der Waals surface area contributed by atoms with E-state index in [1.165, 1.54) is 0 Å². The Bertz CT molecular complexity index is 717. The number of benzene rings is 1. The molecule has 2 aromatic rings. The Morgan fingerprint density at radius 3 is 2.48 bits per heavy atom. The maximum Gasteiger partial charge on any atom is 0.358 e. The minimum absolute atomic E-state index is 0.121. The molecule has 2 rings (SSSR count). The van der Waals surface area contributed by atoms with Crippen LogP contribution < -0.4 is 0 Å². The van der Waals surface area contributed by atoms with E-state index in [2.05, 4.69) is 21.0 Å². The van der Waals surface area contributed by atoms with Crippen molar-refractivity contribution in [3.8, 4) is 5.69 Å². The van der Waals surface area contributed by atoms with Gasteiger partial charge in [-0.05, 0) is 30.7 Å². The molecule has 1 N–H and O–H groups in total. The van der Waals surface area contributed by atoms with Crippen molar-refractivity contribution in [3.05, 3.63) is 44.6 Å². The highest BCUT2D eigenvalue weighted by atomic mass is 79.9. The summed E-state index contributed by atoms with van der Waals surface area (Å²) in [5, 5.41) is 13.7. The van der Waals surface area contributed by atoms with Crippen molar-refractivity contribution >= 4 is 33.5 Å². The molecule has 0 unspecified atom stereocenters. The average molecular weight is 372 g/mol. The summed E-state index contributed by atoms with van der Waals surface area (Å²) >= 11 is 9.69. The summed E-state index contributed by atoms with van der Waals surface area (Å²) in [4.78, 5) is 11.3. The van der Waals surface area contributed by atoms with Crippen LogP contribution in [-0.4, -0.2) is 20.9 Å². The van der Waals surface area contributed by atoms with E-state index in [1.54, 1.807) is 4.68 Å². The molecule has 1 aromatic heterocycles. The number of rotatable bonds is 2. The van der Waals surface area contributed by atoms with Crippen molar-refractivity contribution < 1.29 is 9.90 Å². The van der Waals surface area contributed by atoms with Crippen LogP contribution in [0.2, 0.25) is 5.02 Å². The predicted octanol–water partition coefficient (Wildman–Crippen LogP) is 4.59. The number of aromatic nitrogens is 2. The van der Waals surface area contributed by atoms with E-state index >= 15 is 0 Å². The molecule has 0 saturated carbocycles.